The van der Waals surface area contributed by atoms with Gasteiger partial charge in [0, 0.05) is 11.2 Å². The molecule has 3 aromatic heterocycles. The molecule has 0 spiro atoms. The van der Waals surface area contributed by atoms with E-state index in [1.165, 1.54) is 4.40 Å². The molecule has 0 bridgehead atoms. The van der Waals surface area contributed by atoms with Crippen LogP contribution in [0.2, 0.25) is 10.0 Å². The van der Waals surface area contributed by atoms with E-state index in [1.54, 1.807) is 48.7 Å². The molecule has 0 aliphatic carbocycles. The molecule has 124 valence electrons. The van der Waals surface area contributed by atoms with Crippen molar-refractivity contribution in [2.24, 2.45) is 0 Å². The van der Waals surface area contributed by atoms with Crippen LogP contribution < -0.4 is 10.9 Å². The van der Waals surface area contributed by atoms with E-state index in [2.05, 4.69) is 10.3 Å². The van der Waals surface area contributed by atoms with Gasteiger partial charge in [-0.15, -0.1) is 11.3 Å². The molecule has 0 saturated carbocycles. The number of halogens is 2. The number of nitrogens with zero attached hydrogens (tertiary/aromatic N) is 2. The summed E-state index contributed by atoms with van der Waals surface area (Å²) >= 11 is 13.1. The predicted octanol–water partition coefficient (Wildman–Crippen LogP) is 4.47. The van der Waals surface area contributed by atoms with Crippen molar-refractivity contribution in [1.82, 2.24) is 9.38 Å². The number of anilines is 1. The predicted molar refractivity (Wildman–Crippen MR) is 101 cm³/mol. The molecule has 0 aliphatic rings. The van der Waals surface area contributed by atoms with Crippen molar-refractivity contribution in [3.8, 4) is 0 Å². The third-order valence-corrected chi connectivity index (χ3v) is 5.21. The van der Waals surface area contributed by atoms with E-state index < -0.39 is 0 Å². The number of pyridine rings is 1. The number of aromatic nitrogens is 2. The molecule has 4 aromatic rings. The van der Waals surface area contributed by atoms with Crippen molar-refractivity contribution in [3.63, 3.8) is 0 Å². The maximum Gasteiger partial charge on any atom is 0.266 e. The fourth-order valence-electron chi connectivity index (χ4n) is 2.44. The summed E-state index contributed by atoms with van der Waals surface area (Å²) in [5.74, 6) is -0.374. The first kappa shape index (κ1) is 16.1. The third kappa shape index (κ3) is 2.89. The standard InChI is InChI=1S/C17H9Cl2N3O2S/c18-9-4-5-11(19)12(7-9)20-15(23)13-8-10-16(25-13)21-14-3-1-2-6-22(14)17(10)24/h1-8H,(H,20,23). The Morgan fingerprint density at radius 2 is 2.00 bits per heavy atom. The average Bonchev–Trinajstić information content (AvgIpc) is 3.03. The number of carbonyl (C=O) groups excluding carboxylic acids is 1. The molecule has 0 fully saturated rings. The van der Waals surface area contributed by atoms with Gasteiger partial charge in [0.2, 0.25) is 0 Å². The van der Waals surface area contributed by atoms with Crippen LogP contribution in [0.3, 0.4) is 0 Å². The lowest BCUT2D eigenvalue weighted by Crippen LogP contribution is -2.13. The SMILES string of the molecule is O=C(Nc1cc(Cl)ccc1Cl)c1cc2c(=O)n3ccccc3nc2s1. The monoisotopic (exact) mass is 389 g/mol. The van der Waals surface area contributed by atoms with Gasteiger partial charge in [0.15, 0.2) is 0 Å². The molecule has 3 heterocycles. The summed E-state index contributed by atoms with van der Waals surface area (Å²) in [5, 5.41) is 3.94. The second-order valence-electron chi connectivity index (χ2n) is 5.25. The molecule has 5 nitrogen and oxygen atoms in total. The van der Waals surface area contributed by atoms with Gasteiger partial charge in [-0.25, -0.2) is 4.98 Å². The van der Waals surface area contributed by atoms with Gasteiger partial charge in [-0.1, -0.05) is 29.3 Å². The Hall–Kier alpha value is -2.41. The third-order valence-electron chi connectivity index (χ3n) is 3.62. The minimum Gasteiger partial charge on any atom is -0.320 e. The molecule has 4 rings (SSSR count). The molecule has 25 heavy (non-hydrogen) atoms. The highest BCUT2D eigenvalue weighted by Gasteiger charge is 2.16. The number of hydrogen-bond acceptors (Lipinski definition) is 4. The largest absolute Gasteiger partial charge is 0.320 e. The molecule has 1 N–H and O–H groups in total. The van der Waals surface area contributed by atoms with E-state index in [-0.39, 0.29) is 11.5 Å². The Morgan fingerprint density at radius 1 is 1.16 bits per heavy atom. The first-order chi connectivity index (χ1) is 12.0. The number of hydrogen-bond donors (Lipinski definition) is 1. The van der Waals surface area contributed by atoms with E-state index >= 15 is 0 Å². The molecule has 0 saturated heterocycles. The van der Waals surface area contributed by atoms with Crippen molar-refractivity contribution >= 4 is 62.0 Å². The lowest BCUT2D eigenvalue weighted by molar-refractivity contribution is 0.103. The normalized spacial score (nSPS) is 11.1. The number of fused-ring (bicyclic) bond motifs is 2. The quantitative estimate of drug-likeness (QED) is 0.549. The molecular formula is C17H9Cl2N3O2S. The van der Waals surface area contributed by atoms with Crippen molar-refractivity contribution < 1.29 is 4.79 Å². The summed E-state index contributed by atoms with van der Waals surface area (Å²) in [6, 6.07) is 11.6. The van der Waals surface area contributed by atoms with Gasteiger partial charge in [0.05, 0.1) is 21.0 Å². The van der Waals surface area contributed by atoms with Crippen molar-refractivity contribution in [1.29, 1.82) is 0 Å². The van der Waals surface area contributed by atoms with Crippen LogP contribution in [0, 0.1) is 0 Å². The van der Waals surface area contributed by atoms with Gasteiger partial charge >= 0.3 is 0 Å². The van der Waals surface area contributed by atoms with Crippen LogP contribution in [0.5, 0.6) is 0 Å². The van der Waals surface area contributed by atoms with E-state index in [1.807, 2.05) is 0 Å². The Kier molecular flexibility index (Phi) is 3.95. The van der Waals surface area contributed by atoms with Crippen LogP contribution in [0.15, 0.2) is 53.5 Å². The van der Waals surface area contributed by atoms with Gasteiger partial charge < -0.3 is 5.32 Å². The fourth-order valence-corrected chi connectivity index (χ4v) is 3.70. The topological polar surface area (TPSA) is 63.5 Å². The minimum absolute atomic E-state index is 0.211. The summed E-state index contributed by atoms with van der Waals surface area (Å²) in [5.41, 5.74) is 0.731. The van der Waals surface area contributed by atoms with Crippen LogP contribution in [0.1, 0.15) is 9.67 Å². The zero-order valence-electron chi connectivity index (χ0n) is 12.5. The van der Waals surface area contributed by atoms with Gasteiger partial charge in [0.1, 0.15) is 10.5 Å². The first-order valence-electron chi connectivity index (χ1n) is 7.20. The highest BCUT2D eigenvalue weighted by atomic mass is 35.5. The van der Waals surface area contributed by atoms with Gasteiger partial charge in [-0.2, -0.15) is 0 Å². The summed E-state index contributed by atoms with van der Waals surface area (Å²) in [4.78, 5) is 30.4. The Labute approximate surface area is 155 Å². The van der Waals surface area contributed by atoms with Crippen LogP contribution in [0.4, 0.5) is 5.69 Å². The second kappa shape index (κ2) is 6.15. The molecule has 0 atom stereocenters. The van der Waals surface area contributed by atoms with E-state index in [0.717, 1.165) is 11.3 Å². The van der Waals surface area contributed by atoms with Crippen LogP contribution in [-0.2, 0) is 0 Å². The molecule has 0 unspecified atom stereocenters. The molecule has 1 amide bonds. The maximum absolute atomic E-state index is 12.5. The van der Waals surface area contributed by atoms with Gasteiger partial charge in [0.25, 0.3) is 11.5 Å². The number of carbonyl (C=O) groups is 1. The van der Waals surface area contributed by atoms with E-state index in [0.29, 0.717) is 36.5 Å². The van der Waals surface area contributed by atoms with Crippen molar-refractivity contribution in [2.45, 2.75) is 0 Å². The second-order valence-corrected chi connectivity index (χ2v) is 7.13. The number of rotatable bonds is 2. The smallest absolute Gasteiger partial charge is 0.266 e. The maximum atomic E-state index is 12.5. The zero-order chi connectivity index (χ0) is 17.6. The fraction of sp³-hybridized carbons (Fsp3) is 0. The summed E-state index contributed by atoms with van der Waals surface area (Å²) in [6.07, 6.45) is 1.65. The number of benzene rings is 1. The highest BCUT2D eigenvalue weighted by molar-refractivity contribution is 7.20. The Bertz CT molecular complexity index is 1200. The summed E-state index contributed by atoms with van der Waals surface area (Å²) in [7, 11) is 0. The Balaban J connectivity index is 1.77. The summed E-state index contributed by atoms with van der Waals surface area (Å²) < 4.78 is 1.45. The lowest BCUT2D eigenvalue weighted by Gasteiger charge is -2.06. The highest BCUT2D eigenvalue weighted by Crippen LogP contribution is 2.28. The molecule has 0 aliphatic heterocycles. The molecule has 0 radical (unpaired) electrons. The zero-order valence-corrected chi connectivity index (χ0v) is 14.8. The van der Waals surface area contributed by atoms with Crippen LogP contribution in [0.25, 0.3) is 15.9 Å². The molecule has 1 aromatic carbocycles. The van der Waals surface area contributed by atoms with Crippen molar-refractivity contribution in [2.75, 3.05) is 5.32 Å². The van der Waals surface area contributed by atoms with Crippen molar-refractivity contribution in [3.05, 3.63) is 73.9 Å². The average molecular weight is 390 g/mol. The Morgan fingerprint density at radius 3 is 2.84 bits per heavy atom. The molecule has 8 heteroatoms. The first-order valence-corrected chi connectivity index (χ1v) is 8.77. The minimum atomic E-state index is -0.374. The number of thiophene rings is 1. The van der Waals surface area contributed by atoms with Crippen LogP contribution >= 0.6 is 34.5 Å². The number of amides is 1. The van der Waals surface area contributed by atoms with E-state index in [4.69, 9.17) is 23.2 Å². The van der Waals surface area contributed by atoms with Gasteiger partial charge in [-0.3, -0.25) is 14.0 Å². The number of nitrogens with one attached hydrogen (secondary N) is 1. The van der Waals surface area contributed by atoms with Gasteiger partial charge in [-0.05, 0) is 36.4 Å². The summed E-state index contributed by atoms with van der Waals surface area (Å²) in [6.45, 7) is 0. The van der Waals surface area contributed by atoms with Crippen LogP contribution in [-0.4, -0.2) is 15.3 Å². The lowest BCUT2D eigenvalue weighted by atomic mass is 10.3. The molecular weight excluding hydrogens is 381 g/mol. The van der Waals surface area contributed by atoms with E-state index in [9.17, 15) is 9.59 Å².